The summed E-state index contributed by atoms with van der Waals surface area (Å²) in [5, 5.41) is 0. The molecule has 35 heavy (non-hydrogen) atoms. The largest absolute Gasteiger partial charge is 0.489 e. The molecule has 0 bridgehead atoms. The Morgan fingerprint density at radius 3 is 1.69 bits per heavy atom. The third-order valence-corrected chi connectivity index (χ3v) is 6.97. The van der Waals surface area contributed by atoms with Crippen LogP contribution in [0.5, 0.6) is 5.75 Å². The zero-order chi connectivity index (χ0) is 25.3. The number of aliphatic imine (C=N–C) groups is 2. The molecule has 5 heteroatoms. The van der Waals surface area contributed by atoms with Crippen LogP contribution in [0.4, 0.5) is 0 Å². The molecule has 4 rings (SSSR count). The minimum absolute atomic E-state index is 0.0344. The van der Waals surface area contributed by atoms with Gasteiger partial charge in [0, 0.05) is 0 Å². The maximum absolute atomic E-state index is 6.24. The second-order valence-electron chi connectivity index (χ2n) is 12.2. The van der Waals surface area contributed by atoms with Gasteiger partial charge in [0.25, 0.3) is 0 Å². The van der Waals surface area contributed by atoms with Crippen LogP contribution in [0.3, 0.4) is 0 Å². The summed E-state index contributed by atoms with van der Waals surface area (Å²) in [5.74, 6) is 2.31. The normalized spacial score (nSPS) is 20.7. The lowest BCUT2D eigenvalue weighted by molar-refractivity contribution is 0.210. The van der Waals surface area contributed by atoms with Crippen LogP contribution in [0.15, 0.2) is 64.6 Å². The smallest absolute Gasteiger partial charge is 0.199 e. The first-order chi connectivity index (χ1) is 16.4. The van der Waals surface area contributed by atoms with E-state index < -0.39 is 5.41 Å². The van der Waals surface area contributed by atoms with Gasteiger partial charge >= 0.3 is 0 Å². The molecule has 2 aromatic carbocycles. The van der Waals surface area contributed by atoms with Crippen LogP contribution in [0, 0.1) is 16.2 Å². The van der Waals surface area contributed by atoms with Gasteiger partial charge in [-0.1, -0.05) is 84.0 Å². The molecular weight excluding hydrogens is 436 g/mol. The second kappa shape index (κ2) is 9.67. The fraction of sp³-hybridized carbons (Fsp3) is 0.533. The summed E-state index contributed by atoms with van der Waals surface area (Å²) in [4.78, 5) is 10.1. The Bertz CT molecular complexity index is 1020. The Labute approximate surface area is 210 Å². The molecule has 0 radical (unpaired) electrons. The van der Waals surface area contributed by atoms with E-state index in [0.29, 0.717) is 26.2 Å². The number of ether oxygens (including phenoxy) is 3. The Hall–Kier alpha value is -2.82. The molecule has 2 aromatic rings. The van der Waals surface area contributed by atoms with Gasteiger partial charge in [0.05, 0.1) is 12.1 Å². The maximum atomic E-state index is 6.24. The third kappa shape index (κ3) is 5.88. The first kappa shape index (κ1) is 25.3. The monoisotopic (exact) mass is 476 g/mol. The first-order valence-corrected chi connectivity index (χ1v) is 12.6. The topological polar surface area (TPSA) is 52.4 Å². The van der Waals surface area contributed by atoms with Crippen molar-refractivity contribution >= 4 is 11.8 Å². The van der Waals surface area contributed by atoms with E-state index in [1.165, 1.54) is 0 Å². The lowest BCUT2D eigenvalue weighted by Gasteiger charge is -2.28. The van der Waals surface area contributed by atoms with Crippen LogP contribution in [0.1, 0.15) is 59.6 Å². The van der Waals surface area contributed by atoms with Crippen LogP contribution < -0.4 is 4.74 Å². The molecule has 0 aliphatic carbocycles. The molecule has 5 nitrogen and oxygen atoms in total. The fourth-order valence-corrected chi connectivity index (χ4v) is 4.33. The summed E-state index contributed by atoms with van der Waals surface area (Å²) in [6.07, 6.45) is 0.692. The van der Waals surface area contributed by atoms with E-state index in [-0.39, 0.29) is 22.9 Å². The summed E-state index contributed by atoms with van der Waals surface area (Å²) in [5.41, 5.74) is 1.82. The minimum atomic E-state index is -0.563. The van der Waals surface area contributed by atoms with Crippen molar-refractivity contribution < 1.29 is 14.2 Å². The molecule has 2 heterocycles. The molecule has 2 aliphatic heterocycles. The Kier molecular flexibility index (Phi) is 6.99. The quantitative estimate of drug-likeness (QED) is 0.458. The van der Waals surface area contributed by atoms with Gasteiger partial charge in [-0.05, 0) is 47.4 Å². The zero-order valence-electron chi connectivity index (χ0n) is 22.3. The van der Waals surface area contributed by atoms with Crippen molar-refractivity contribution in [3.8, 4) is 5.75 Å². The van der Waals surface area contributed by atoms with Gasteiger partial charge in [-0.15, -0.1) is 0 Å². The van der Waals surface area contributed by atoms with Gasteiger partial charge in [0.15, 0.2) is 11.8 Å². The molecule has 0 amide bonds. The molecule has 0 saturated carbocycles. The van der Waals surface area contributed by atoms with Gasteiger partial charge in [-0.2, -0.15) is 0 Å². The summed E-state index contributed by atoms with van der Waals surface area (Å²) in [7, 11) is 0. The minimum Gasteiger partial charge on any atom is -0.489 e. The van der Waals surface area contributed by atoms with Crippen molar-refractivity contribution in [2.45, 2.75) is 73.6 Å². The van der Waals surface area contributed by atoms with Gasteiger partial charge in [-0.3, -0.25) is 0 Å². The van der Waals surface area contributed by atoms with Crippen molar-refractivity contribution in [3.63, 3.8) is 0 Å². The van der Waals surface area contributed by atoms with Crippen LogP contribution in [-0.4, -0.2) is 37.1 Å². The molecule has 0 spiro atoms. The average molecular weight is 477 g/mol. The van der Waals surface area contributed by atoms with E-state index >= 15 is 0 Å². The maximum Gasteiger partial charge on any atom is 0.199 e. The number of nitrogens with zero attached hydrogens (tertiary/aromatic N) is 2. The predicted molar refractivity (Wildman–Crippen MR) is 142 cm³/mol. The van der Waals surface area contributed by atoms with Crippen LogP contribution >= 0.6 is 0 Å². The highest BCUT2D eigenvalue weighted by molar-refractivity contribution is 6.06. The lowest BCUT2D eigenvalue weighted by Crippen LogP contribution is -2.39. The van der Waals surface area contributed by atoms with Crippen molar-refractivity contribution in [2.75, 3.05) is 13.2 Å². The summed E-state index contributed by atoms with van der Waals surface area (Å²) in [6, 6.07) is 18.7. The Balaban J connectivity index is 1.56. The van der Waals surface area contributed by atoms with Crippen molar-refractivity contribution in [3.05, 3.63) is 65.7 Å². The fourth-order valence-electron chi connectivity index (χ4n) is 4.33. The van der Waals surface area contributed by atoms with Crippen molar-refractivity contribution in [1.29, 1.82) is 0 Å². The van der Waals surface area contributed by atoms with Gasteiger partial charge in [0.2, 0.25) is 0 Å². The van der Waals surface area contributed by atoms with E-state index in [1.807, 2.05) is 30.3 Å². The lowest BCUT2D eigenvalue weighted by atomic mass is 9.82. The Morgan fingerprint density at radius 1 is 0.714 bits per heavy atom. The molecule has 0 aromatic heterocycles. The summed E-state index contributed by atoms with van der Waals surface area (Å²) in [6.45, 7) is 17.1. The highest BCUT2D eigenvalue weighted by Gasteiger charge is 2.47. The zero-order valence-corrected chi connectivity index (χ0v) is 22.3. The molecule has 2 aliphatic rings. The molecule has 0 saturated heterocycles. The van der Waals surface area contributed by atoms with Crippen molar-refractivity contribution in [2.24, 2.45) is 26.2 Å². The molecule has 2 atom stereocenters. The van der Waals surface area contributed by atoms with E-state index in [1.54, 1.807) is 0 Å². The van der Waals surface area contributed by atoms with E-state index in [9.17, 15) is 0 Å². The number of hydrogen-bond acceptors (Lipinski definition) is 5. The van der Waals surface area contributed by atoms with Crippen molar-refractivity contribution in [1.82, 2.24) is 0 Å². The second-order valence-corrected chi connectivity index (χ2v) is 12.2. The molecular formula is C30H40N2O3. The van der Waals surface area contributed by atoms with Crippen LogP contribution in [0.25, 0.3) is 0 Å². The summed E-state index contributed by atoms with van der Waals surface area (Å²) < 4.78 is 18.5. The van der Waals surface area contributed by atoms with E-state index in [0.717, 1.165) is 28.7 Å². The van der Waals surface area contributed by atoms with Gasteiger partial charge < -0.3 is 14.2 Å². The third-order valence-electron chi connectivity index (χ3n) is 6.97. The summed E-state index contributed by atoms with van der Waals surface area (Å²) >= 11 is 0. The standard InChI is InChI=1S/C30H40N2O3/c1-28(2,3)24-19-34-26(31-24)30(7,27-32-25(20-35-27)29(4,5)6)17-21-13-15-23(16-14-21)33-18-22-11-9-8-10-12-22/h8-16,24-25H,17-20H2,1-7H3/t24-,25-/m1/s1. The molecule has 0 fully saturated rings. The average Bonchev–Trinajstić information content (AvgIpc) is 3.50. The number of benzene rings is 2. The van der Waals surface area contributed by atoms with Gasteiger partial charge in [0.1, 0.15) is 31.0 Å². The first-order valence-electron chi connectivity index (χ1n) is 12.6. The molecule has 188 valence electrons. The SMILES string of the molecule is CC(Cc1ccc(OCc2ccccc2)cc1)(C1=N[C@@H](C(C)(C)C)CO1)C1=N[C@@H](C(C)(C)C)CO1. The van der Waals surface area contributed by atoms with E-state index in [2.05, 4.69) is 72.7 Å². The highest BCUT2D eigenvalue weighted by Crippen LogP contribution is 2.38. The van der Waals surface area contributed by atoms with Crippen LogP contribution in [0.2, 0.25) is 0 Å². The molecule has 0 N–H and O–H groups in total. The predicted octanol–water partition coefficient (Wildman–Crippen LogP) is 6.50. The van der Waals surface area contributed by atoms with Gasteiger partial charge in [-0.25, -0.2) is 9.98 Å². The Morgan fingerprint density at radius 2 is 1.23 bits per heavy atom. The number of rotatable bonds is 7. The van der Waals surface area contributed by atoms with E-state index in [4.69, 9.17) is 24.2 Å². The number of hydrogen-bond donors (Lipinski definition) is 0. The highest BCUT2D eigenvalue weighted by atomic mass is 16.5. The molecule has 0 unspecified atom stereocenters. The van der Waals surface area contributed by atoms with Crippen LogP contribution in [-0.2, 0) is 22.5 Å².